The number of anilines is 1. The van der Waals surface area contributed by atoms with E-state index in [1.54, 1.807) is 12.1 Å². The molecule has 4 heterocycles. The van der Waals surface area contributed by atoms with Crippen LogP contribution in [0.4, 0.5) is 5.69 Å². The van der Waals surface area contributed by atoms with Crippen LogP contribution < -0.4 is 19.7 Å². The summed E-state index contributed by atoms with van der Waals surface area (Å²) >= 11 is 1.37. The van der Waals surface area contributed by atoms with E-state index in [1.165, 1.54) is 27.8 Å². The topological polar surface area (TPSA) is 125 Å². The summed E-state index contributed by atoms with van der Waals surface area (Å²) in [5.41, 5.74) is 2.64. The zero-order chi connectivity index (χ0) is 28.5. The van der Waals surface area contributed by atoms with Gasteiger partial charge in [0, 0.05) is 29.7 Å². The molecule has 41 heavy (non-hydrogen) atoms. The summed E-state index contributed by atoms with van der Waals surface area (Å²) in [5.74, 6) is -0.332. The molecule has 0 bridgehead atoms. The van der Waals surface area contributed by atoms with E-state index in [0.717, 1.165) is 18.4 Å². The van der Waals surface area contributed by atoms with Crippen molar-refractivity contribution in [3.05, 3.63) is 63.8 Å². The number of aromatic nitrogens is 3. The predicted octanol–water partition coefficient (Wildman–Crippen LogP) is 3.80. The molecule has 11 nitrogen and oxygen atoms in total. The van der Waals surface area contributed by atoms with Crippen molar-refractivity contribution >= 4 is 45.7 Å². The highest BCUT2D eigenvalue weighted by Crippen LogP contribution is 2.42. The molecule has 12 heteroatoms. The Balaban J connectivity index is 1.47. The lowest BCUT2D eigenvalue weighted by Gasteiger charge is -2.32. The van der Waals surface area contributed by atoms with Gasteiger partial charge in [-0.05, 0) is 61.9 Å². The number of ketones is 1. The molecule has 6 rings (SSSR count). The number of nitrogens with zero attached hydrogens (tertiary/aromatic N) is 4. The molecule has 0 spiro atoms. The number of hydrogen-bond acceptors (Lipinski definition) is 9. The first-order chi connectivity index (χ1) is 19.9. The summed E-state index contributed by atoms with van der Waals surface area (Å²) in [6.45, 7) is 4.05. The Morgan fingerprint density at radius 3 is 2.71 bits per heavy atom. The van der Waals surface area contributed by atoms with Crippen LogP contribution in [0.5, 0.6) is 11.5 Å². The summed E-state index contributed by atoms with van der Waals surface area (Å²) in [6.07, 6.45) is 1.69. The summed E-state index contributed by atoms with van der Waals surface area (Å²) in [4.78, 5) is 43.5. The van der Waals surface area contributed by atoms with Crippen molar-refractivity contribution < 1.29 is 28.6 Å². The highest BCUT2D eigenvalue weighted by atomic mass is 32.1. The van der Waals surface area contributed by atoms with Gasteiger partial charge in [-0.2, -0.15) is 0 Å². The van der Waals surface area contributed by atoms with E-state index >= 15 is 0 Å². The molecule has 1 saturated heterocycles. The molecule has 0 saturated carbocycles. The third-order valence-electron chi connectivity index (χ3n) is 7.29. The number of ether oxygens (including phenoxy) is 3. The average molecular weight is 576 g/mol. The van der Waals surface area contributed by atoms with Crippen LogP contribution >= 0.6 is 11.3 Å². The van der Waals surface area contributed by atoms with Gasteiger partial charge in [0.15, 0.2) is 23.3 Å². The molecular formula is C29H29N5O6S. The number of aryl methyl sites for hydroxylation is 1. The molecule has 2 atom stereocenters. The van der Waals surface area contributed by atoms with Gasteiger partial charge in [0.2, 0.25) is 18.6 Å². The third kappa shape index (κ3) is 5.27. The van der Waals surface area contributed by atoms with E-state index < -0.39 is 11.9 Å². The molecule has 2 aliphatic heterocycles. The van der Waals surface area contributed by atoms with Gasteiger partial charge < -0.3 is 19.5 Å². The molecule has 2 aromatic carbocycles. The smallest absolute Gasteiger partial charge is 0.249 e. The second-order valence-electron chi connectivity index (χ2n) is 10.0. The van der Waals surface area contributed by atoms with Gasteiger partial charge in [0.05, 0.1) is 17.3 Å². The van der Waals surface area contributed by atoms with Gasteiger partial charge in [-0.25, -0.2) is 4.68 Å². The van der Waals surface area contributed by atoms with Crippen molar-refractivity contribution in [1.82, 2.24) is 20.3 Å². The second-order valence-corrected chi connectivity index (χ2v) is 11.0. The van der Waals surface area contributed by atoms with Gasteiger partial charge in [0.1, 0.15) is 12.1 Å². The summed E-state index contributed by atoms with van der Waals surface area (Å²) < 4.78 is 18.4. The number of amides is 2. The van der Waals surface area contributed by atoms with Crippen molar-refractivity contribution in [2.24, 2.45) is 0 Å². The lowest BCUT2D eigenvalue weighted by molar-refractivity contribution is -0.127. The number of hydrogen-bond donors (Lipinski definition) is 1. The van der Waals surface area contributed by atoms with Crippen molar-refractivity contribution in [3.63, 3.8) is 0 Å². The number of nitrogens with one attached hydrogen (secondary N) is 1. The van der Waals surface area contributed by atoms with E-state index in [0.29, 0.717) is 40.6 Å². The number of carbonyl (C=O) groups is 3. The van der Waals surface area contributed by atoms with E-state index in [4.69, 9.17) is 14.2 Å². The Bertz CT molecular complexity index is 1620. The minimum absolute atomic E-state index is 0.00956. The molecule has 0 aliphatic carbocycles. The monoisotopic (exact) mass is 575 g/mol. The number of fused-ring (bicyclic) bond motifs is 2. The fraction of sp³-hybridized carbons (Fsp3) is 0.345. The van der Waals surface area contributed by atoms with Crippen LogP contribution in [0.25, 0.3) is 11.0 Å². The second kappa shape index (κ2) is 11.3. The molecule has 2 aliphatic rings. The van der Waals surface area contributed by atoms with Gasteiger partial charge in [0.25, 0.3) is 0 Å². The first-order valence-electron chi connectivity index (χ1n) is 13.4. The summed E-state index contributed by atoms with van der Waals surface area (Å²) in [6, 6.07) is 11.3. The minimum atomic E-state index is -1.07. The zero-order valence-electron chi connectivity index (χ0n) is 22.7. The lowest BCUT2D eigenvalue weighted by Crippen LogP contribution is -2.47. The Labute approximate surface area is 240 Å². The van der Waals surface area contributed by atoms with Crippen LogP contribution in [0, 0.1) is 6.92 Å². The molecular weight excluding hydrogens is 546 g/mol. The van der Waals surface area contributed by atoms with E-state index in [9.17, 15) is 14.4 Å². The van der Waals surface area contributed by atoms with Gasteiger partial charge in [-0.1, -0.05) is 17.3 Å². The highest BCUT2D eigenvalue weighted by molar-refractivity contribution is 7.10. The number of benzene rings is 2. The van der Waals surface area contributed by atoms with Crippen LogP contribution in [-0.2, 0) is 20.9 Å². The van der Waals surface area contributed by atoms with Gasteiger partial charge >= 0.3 is 0 Å². The van der Waals surface area contributed by atoms with Crippen LogP contribution in [0.2, 0.25) is 0 Å². The normalized spacial score (nSPS) is 16.6. The Kier molecular flexibility index (Phi) is 7.41. The maximum Gasteiger partial charge on any atom is 0.249 e. The fourth-order valence-corrected chi connectivity index (χ4v) is 6.22. The van der Waals surface area contributed by atoms with Crippen LogP contribution in [0.3, 0.4) is 0 Å². The maximum atomic E-state index is 14.4. The lowest BCUT2D eigenvalue weighted by atomic mass is 10.0. The third-order valence-corrected chi connectivity index (χ3v) is 8.36. The average Bonchev–Trinajstić information content (AvgIpc) is 3.78. The maximum absolute atomic E-state index is 14.4. The van der Waals surface area contributed by atoms with Crippen LogP contribution in [0.1, 0.15) is 46.6 Å². The molecule has 2 aromatic heterocycles. The van der Waals surface area contributed by atoms with Crippen LogP contribution in [0.15, 0.2) is 47.8 Å². The van der Waals surface area contributed by atoms with Crippen molar-refractivity contribution in [1.29, 1.82) is 0 Å². The molecule has 1 N–H and O–H groups in total. The van der Waals surface area contributed by atoms with Crippen LogP contribution in [-0.4, -0.2) is 58.6 Å². The predicted molar refractivity (Wildman–Crippen MR) is 151 cm³/mol. The number of rotatable bonds is 9. The zero-order valence-corrected chi connectivity index (χ0v) is 23.5. The van der Waals surface area contributed by atoms with Crippen molar-refractivity contribution in [3.8, 4) is 11.5 Å². The largest absolute Gasteiger partial charge is 0.454 e. The Morgan fingerprint density at radius 2 is 1.98 bits per heavy atom. The molecule has 212 valence electrons. The number of para-hydroxylation sites is 1. The number of carbonyl (C=O) groups excluding carboxylic acids is 3. The fourth-order valence-electron chi connectivity index (χ4n) is 5.20. The number of thiophene rings is 1. The van der Waals surface area contributed by atoms with E-state index in [-0.39, 0.29) is 42.4 Å². The van der Waals surface area contributed by atoms with Gasteiger partial charge in [-0.3, -0.25) is 19.3 Å². The van der Waals surface area contributed by atoms with Gasteiger partial charge in [-0.15, -0.1) is 16.4 Å². The molecule has 0 radical (unpaired) electrons. The standard InChI is InChI=1S/C29H29N5O6S/c1-17-9-11-41-28(17)27(29(37)30-14-19-6-5-10-38-19)34(23-13-25-24(39-16-40-25)12-20(23)18(2)35)26(36)15-33-22-8-4-3-7-21(22)31-32-33/h3-4,7-9,11-13,19,27H,5-6,10,14-16H2,1-2H3,(H,30,37)/t19-,27+/m0/s1. The summed E-state index contributed by atoms with van der Waals surface area (Å²) in [5, 5.41) is 13.3. The highest BCUT2D eigenvalue weighted by Gasteiger charge is 2.38. The Morgan fingerprint density at radius 1 is 1.17 bits per heavy atom. The quantitative estimate of drug-likeness (QED) is 0.299. The molecule has 0 unspecified atom stereocenters. The van der Waals surface area contributed by atoms with Crippen molar-refractivity contribution in [2.45, 2.75) is 45.4 Å². The van der Waals surface area contributed by atoms with Crippen molar-refractivity contribution in [2.75, 3.05) is 24.8 Å². The van der Waals surface area contributed by atoms with E-state index in [1.807, 2.05) is 42.6 Å². The van der Waals surface area contributed by atoms with E-state index in [2.05, 4.69) is 15.6 Å². The molecule has 4 aromatic rings. The molecule has 1 fully saturated rings. The first-order valence-corrected chi connectivity index (χ1v) is 14.3. The summed E-state index contributed by atoms with van der Waals surface area (Å²) in [7, 11) is 0. The Hall–Kier alpha value is -4.29. The number of Topliss-reactive ketones (excluding diaryl/α,β-unsaturated/α-hetero) is 1. The first kappa shape index (κ1) is 26.9. The SMILES string of the molecule is CC(=O)c1cc2c(cc1N(C(=O)Cn1nnc3ccccc31)[C@@H](C(=O)NC[C@@H]1CCCO1)c1sccc1C)OCO2. The molecule has 2 amide bonds. The minimum Gasteiger partial charge on any atom is -0.454 e.